The van der Waals surface area contributed by atoms with Gasteiger partial charge in [0.05, 0.1) is 18.7 Å². The Balaban J connectivity index is 2.05. The van der Waals surface area contributed by atoms with Gasteiger partial charge in [0.2, 0.25) is 0 Å². The minimum atomic E-state index is -0.676. The minimum absolute atomic E-state index is 0.0934. The second kappa shape index (κ2) is 9.54. The highest BCUT2D eigenvalue weighted by Crippen LogP contribution is 2.39. The number of ether oxygens (including phenoxy) is 1. The van der Waals surface area contributed by atoms with Crippen LogP contribution in [0.2, 0.25) is 0 Å². The van der Waals surface area contributed by atoms with Crippen LogP contribution >= 0.6 is 0 Å². The highest BCUT2D eigenvalue weighted by Gasteiger charge is 2.45. The zero-order valence-electron chi connectivity index (χ0n) is 17.5. The maximum atomic E-state index is 13.0. The van der Waals surface area contributed by atoms with Crippen molar-refractivity contribution in [3.63, 3.8) is 0 Å². The van der Waals surface area contributed by atoms with Crippen LogP contribution in [0.15, 0.2) is 54.4 Å². The van der Waals surface area contributed by atoms with E-state index in [9.17, 15) is 14.7 Å². The Labute approximate surface area is 176 Å². The van der Waals surface area contributed by atoms with E-state index < -0.39 is 17.7 Å². The average Bonchev–Trinajstić information content (AvgIpc) is 3.05. The number of likely N-dealkylation sites (N-methyl/N-ethyl adjacent to an activating group) is 1. The van der Waals surface area contributed by atoms with Crippen LogP contribution in [-0.2, 0) is 9.59 Å². The molecule has 30 heavy (non-hydrogen) atoms. The second-order valence-electron chi connectivity index (χ2n) is 7.03. The number of hydrogen-bond donors (Lipinski definition) is 1. The summed E-state index contributed by atoms with van der Waals surface area (Å²) in [5.74, 6) is -0.830. The molecule has 1 aromatic heterocycles. The number of pyridine rings is 1. The van der Waals surface area contributed by atoms with Crippen LogP contribution in [0, 0.1) is 0 Å². The van der Waals surface area contributed by atoms with Crippen molar-refractivity contribution >= 4 is 17.4 Å². The maximum Gasteiger partial charge on any atom is 0.295 e. The van der Waals surface area contributed by atoms with Gasteiger partial charge in [0, 0.05) is 31.0 Å². The number of methoxy groups -OCH3 is 1. The summed E-state index contributed by atoms with van der Waals surface area (Å²) in [6.45, 7) is 6.85. The molecule has 0 saturated carbocycles. The van der Waals surface area contributed by atoms with Gasteiger partial charge in [-0.05, 0) is 55.1 Å². The fraction of sp³-hybridized carbons (Fsp3) is 0.348. The number of amides is 1. The van der Waals surface area contributed by atoms with Crippen LogP contribution < -0.4 is 4.74 Å². The first-order valence-corrected chi connectivity index (χ1v) is 10.1. The van der Waals surface area contributed by atoms with E-state index in [-0.39, 0.29) is 11.3 Å². The van der Waals surface area contributed by atoms with Crippen molar-refractivity contribution in [3.8, 4) is 5.75 Å². The first-order valence-electron chi connectivity index (χ1n) is 10.1. The van der Waals surface area contributed by atoms with Crippen LogP contribution in [0.1, 0.15) is 31.0 Å². The van der Waals surface area contributed by atoms with Crippen LogP contribution in [0.5, 0.6) is 5.75 Å². The van der Waals surface area contributed by atoms with Gasteiger partial charge in [-0.25, -0.2) is 0 Å². The molecule has 0 radical (unpaired) electrons. The summed E-state index contributed by atoms with van der Waals surface area (Å²) in [6.07, 6.45) is 3.24. The molecule has 1 atom stereocenters. The second-order valence-corrected chi connectivity index (χ2v) is 7.03. The van der Waals surface area contributed by atoms with Gasteiger partial charge in [0.15, 0.2) is 0 Å². The molecule has 1 amide bonds. The average molecular weight is 409 g/mol. The van der Waals surface area contributed by atoms with E-state index in [2.05, 4.69) is 23.7 Å². The van der Waals surface area contributed by atoms with Crippen LogP contribution in [0.4, 0.5) is 0 Å². The van der Waals surface area contributed by atoms with Gasteiger partial charge < -0.3 is 19.6 Å². The van der Waals surface area contributed by atoms with E-state index in [0.717, 1.165) is 18.7 Å². The summed E-state index contributed by atoms with van der Waals surface area (Å²) in [4.78, 5) is 33.6. The summed E-state index contributed by atoms with van der Waals surface area (Å²) in [5, 5.41) is 11.0. The summed E-state index contributed by atoms with van der Waals surface area (Å²) in [5.41, 5.74) is 1.28. The van der Waals surface area contributed by atoms with Gasteiger partial charge in [-0.2, -0.15) is 0 Å². The highest BCUT2D eigenvalue weighted by atomic mass is 16.5. The lowest BCUT2D eigenvalue weighted by Crippen LogP contribution is -2.38. The molecular weight excluding hydrogens is 382 g/mol. The molecule has 1 N–H and O–H groups in total. The predicted octanol–water partition coefficient (Wildman–Crippen LogP) is 2.85. The molecule has 7 heteroatoms. The Morgan fingerprint density at radius 1 is 1.10 bits per heavy atom. The SMILES string of the molecule is CCN(CC)CCN1C(=O)C(=O)/C(=C(/O)c2ccc(OC)cc2)[C@H]1c1ccncc1. The standard InChI is InChI=1S/C23H27N3O4/c1-4-25(5-2)14-15-26-20(16-10-12-24-13-11-16)19(22(28)23(26)29)21(27)17-6-8-18(30-3)9-7-17/h6-13,20,27H,4-5,14-15H2,1-3H3/b21-19+/t20-/m1/s1. The number of ketones is 1. The van der Waals surface area contributed by atoms with E-state index in [0.29, 0.717) is 24.4 Å². The van der Waals surface area contributed by atoms with Crippen LogP contribution in [0.3, 0.4) is 0 Å². The first-order chi connectivity index (χ1) is 14.5. The van der Waals surface area contributed by atoms with E-state index in [1.165, 1.54) is 0 Å². The van der Waals surface area contributed by atoms with Gasteiger partial charge >= 0.3 is 0 Å². The Hall–Kier alpha value is -3.19. The highest BCUT2D eigenvalue weighted by molar-refractivity contribution is 6.46. The lowest BCUT2D eigenvalue weighted by atomic mass is 9.96. The monoisotopic (exact) mass is 409 g/mol. The largest absolute Gasteiger partial charge is 0.507 e. The first kappa shape index (κ1) is 21.5. The molecule has 7 nitrogen and oxygen atoms in total. The van der Waals surface area contributed by atoms with Crippen molar-refractivity contribution in [3.05, 3.63) is 65.5 Å². The van der Waals surface area contributed by atoms with Crippen molar-refractivity contribution in [1.82, 2.24) is 14.8 Å². The third kappa shape index (κ3) is 4.21. The smallest absolute Gasteiger partial charge is 0.295 e. The van der Waals surface area contributed by atoms with Gasteiger partial charge in [-0.15, -0.1) is 0 Å². The molecule has 1 aliphatic rings. The molecule has 1 fully saturated rings. The Kier molecular flexibility index (Phi) is 6.84. The van der Waals surface area contributed by atoms with Gasteiger partial charge in [0.25, 0.3) is 11.7 Å². The van der Waals surface area contributed by atoms with Crippen molar-refractivity contribution in [2.75, 3.05) is 33.3 Å². The third-order valence-electron chi connectivity index (χ3n) is 5.48. The van der Waals surface area contributed by atoms with Gasteiger partial charge in [-0.3, -0.25) is 14.6 Å². The number of Topliss-reactive ketones (excluding diaryl/α,β-unsaturated/α-hetero) is 1. The number of rotatable bonds is 8. The molecule has 0 unspecified atom stereocenters. The number of aliphatic hydroxyl groups excluding tert-OH is 1. The number of benzene rings is 1. The van der Waals surface area contributed by atoms with Crippen LogP contribution in [0.25, 0.3) is 5.76 Å². The molecule has 1 saturated heterocycles. The molecule has 1 aliphatic heterocycles. The summed E-state index contributed by atoms with van der Waals surface area (Å²) >= 11 is 0. The summed E-state index contributed by atoms with van der Waals surface area (Å²) in [7, 11) is 1.56. The lowest BCUT2D eigenvalue weighted by molar-refractivity contribution is -0.140. The maximum absolute atomic E-state index is 13.0. The number of hydrogen-bond acceptors (Lipinski definition) is 6. The molecule has 0 spiro atoms. The Morgan fingerprint density at radius 3 is 2.30 bits per heavy atom. The van der Waals surface area contributed by atoms with Crippen molar-refractivity contribution < 1.29 is 19.4 Å². The minimum Gasteiger partial charge on any atom is -0.507 e. The third-order valence-corrected chi connectivity index (χ3v) is 5.48. The fourth-order valence-electron chi connectivity index (χ4n) is 3.70. The van der Waals surface area contributed by atoms with E-state index in [1.807, 2.05) is 0 Å². The zero-order valence-corrected chi connectivity index (χ0v) is 17.5. The molecule has 158 valence electrons. The molecule has 1 aromatic carbocycles. The topological polar surface area (TPSA) is 83.0 Å². The molecule has 2 aromatic rings. The normalized spacial score (nSPS) is 18.3. The molecule has 2 heterocycles. The molecule has 3 rings (SSSR count). The Morgan fingerprint density at radius 2 is 1.73 bits per heavy atom. The number of aliphatic hydroxyl groups is 1. The molecule has 0 bridgehead atoms. The number of aromatic nitrogens is 1. The van der Waals surface area contributed by atoms with Gasteiger partial charge in [-0.1, -0.05) is 13.8 Å². The number of nitrogens with zero attached hydrogens (tertiary/aromatic N) is 3. The number of carbonyl (C=O) groups is 2. The zero-order chi connectivity index (χ0) is 21.7. The van der Waals surface area contributed by atoms with Crippen LogP contribution in [-0.4, -0.2) is 64.9 Å². The van der Waals surface area contributed by atoms with Crippen molar-refractivity contribution in [1.29, 1.82) is 0 Å². The van der Waals surface area contributed by atoms with E-state index in [1.54, 1.807) is 60.8 Å². The van der Waals surface area contributed by atoms with E-state index in [4.69, 9.17) is 4.74 Å². The lowest BCUT2D eigenvalue weighted by Gasteiger charge is -2.28. The van der Waals surface area contributed by atoms with Crippen molar-refractivity contribution in [2.45, 2.75) is 19.9 Å². The fourth-order valence-corrected chi connectivity index (χ4v) is 3.70. The van der Waals surface area contributed by atoms with Crippen molar-refractivity contribution in [2.24, 2.45) is 0 Å². The Bertz CT molecular complexity index is 921. The predicted molar refractivity (Wildman–Crippen MR) is 114 cm³/mol. The molecular formula is C23H27N3O4. The summed E-state index contributed by atoms with van der Waals surface area (Å²) in [6, 6.07) is 9.61. The van der Waals surface area contributed by atoms with Gasteiger partial charge in [0.1, 0.15) is 11.5 Å². The van der Waals surface area contributed by atoms with E-state index >= 15 is 0 Å². The summed E-state index contributed by atoms with van der Waals surface area (Å²) < 4.78 is 5.16. The quantitative estimate of drug-likeness (QED) is 0.410. The number of carbonyl (C=O) groups excluding carboxylic acids is 2. The molecule has 0 aliphatic carbocycles. The number of likely N-dealkylation sites (tertiary alicyclic amines) is 1.